The van der Waals surface area contributed by atoms with Crippen LogP contribution in [0.4, 0.5) is 0 Å². The lowest BCUT2D eigenvalue weighted by Crippen LogP contribution is -2.16. The molecule has 2 rings (SSSR count). The number of rotatable bonds is 3. The van der Waals surface area contributed by atoms with E-state index in [0.29, 0.717) is 0 Å². The van der Waals surface area contributed by atoms with Gasteiger partial charge in [-0.15, -0.1) is 0 Å². The fourth-order valence-electron chi connectivity index (χ4n) is 1.68. The van der Waals surface area contributed by atoms with Gasteiger partial charge in [-0.3, -0.25) is 4.98 Å². The molecule has 2 unspecified atom stereocenters. The normalized spacial score (nSPS) is 14.9. The van der Waals surface area contributed by atoms with Gasteiger partial charge in [0.1, 0.15) is 6.10 Å². The average molecular weight is 217 g/mol. The molecule has 0 aliphatic rings. The molecule has 0 bridgehead atoms. The van der Waals surface area contributed by atoms with Crippen molar-refractivity contribution < 1.29 is 9.84 Å². The molecule has 0 radical (unpaired) electrons. The summed E-state index contributed by atoms with van der Waals surface area (Å²) in [4.78, 5) is 4.23. The second kappa shape index (κ2) is 4.60. The number of fused-ring (bicyclic) bond motifs is 1. The molecule has 0 amide bonds. The average Bonchev–Trinajstić information content (AvgIpc) is 2.36. The molecule has 84 valence electrons. The molecule has 1 N–H and O–H groups in total. The Morgan fingerprint density at radius 3 is 2.88 bits per heavy atom. The van der Waals surface area contributed by atoms with Crippen molar-refractivity contribution in [1.82, 2.24) is 4.98 Å². The van der Waals surface area contributed by atoms with Crippen LogP contribution in [0.1, 0.15) is 18.6 Å². The van der Waals surface area contributed by atoms with E-state index < -0.39 is 6.10 Å². The standard InChI is InChI=1S/C13H15NO2/c1-9(16-2)13(15)11-5-6-12-10(8-11)4-3-7-14-12/h3-9,13,15H,1-2H3. The van der Waals surface area contributed by atoms with Crippen LogP contribution >= 0.6 is 0 Å². The Balaban J connectivity index is 2.39. The monoisotopic (exact) mass is 217 g/mol. The van der Waals surface area contributed by atoms with E-state index in [4.69, 9.17) is 4.74 Å². The summed E-state index contributed by atoms with van der Waals surface area (Å²) in [5.41, 5.74) is 1.79. The predicted octanol–water partition coefficient (Wildman–Crippen LogP) is 2.30. The first-order valence-corrected chi connectivity index (χ1v) is 5.28. The molecule has 1 aromatic carbocycles. The van der Waals surface area contributed by atoms with Crippen LogP contribution in [0.5, 0.6) is 0 Å². The number of aromatic nitrogens is 1. The Kier molecular flexibility index (Phi) is 3.17. The second-order valence-corrected chi connectivity index (χ2v) is 3.84. The maximum absolute atomic E-state index is 10.0. The number of pyridine rings is 1. The number of hydrogen-bond donors (Lipinski definition) is 1. The van der Waals surface area contributed by atoms with Crippen LogP contribution in [0.15, 0.2) is 36.5 Å². The van der Waals surface area contributed by atoms with Crippen molar-refractivity contribution in [3.8, 4) is 0 Å². The lowest BCUT2D eigenvalue weighted by Gasteiger charge is -2.17. The molecule has 3 heteroatoms. The van der Waals surface area contributed by atoms with Gasteiger partial charge in [0.15, 0.2) is 0 Å². The minimum absolute atomic E-state index is 0.214. The summed E-state index contributed by atoms with van der Waals surface area (Å²) in [5.74, 6) is 0. The number of aliphatic hydroxyl groups is 1. The molecule has 0 aliphatic heterocycles. The van der Waals surface area contributed by atoms with E-state index >= 15 is 0 Å². The first-order valence-electron chi connectivity index (χ1n) is 5.28. The molecular weight excluding hydrogens is 202 g/mol. The highest BCUT2D eigenvalue weighted by molar-refractivity contribution is 5.79. The molecule has 0 aliphatic carbocycles. The topological polar surface area (TPSA) is 42.4 Å². The van der Waals surface area contributed by atoms with E-state index in [2.05, 4.69) is 4.98 Å². The Hall–Kier alpha value is -1.45. The summed E-state index contributed by atoms with van der Waals surface area (Å²) in [6.07, 6.45) is 0.944. The van der Waals surface area contributed by atoms with E-state index in [0.717, 1.165) is 16.5 Å². The van der Waals surface area contributed by atoms with Gasteiger partial charge in [-0.25, -0.2) is 0 Å². The third-order valence-electron chi connectivity index (χ3n) is 2.79. The third-order valence-corrected chi connectivity index (χ3v) is 2.79. The van der Waals surface area contributed by atoms with Crippen molar-refractivity contribution in [2.45, 2.75) is 19.1 Å². The first kappa shape index (κ1) is 11.0. The Labute approximate surface area is 94.7 Å². The summed E-state index contributed by atoms with van der Waals surface area (Å²) >= 11 is 0. The van der Waals surface area contributed by atoms with E-state index in [9.17, 15) is 5.11 Å². The summed E-state index contributed by atoms with van der Waals surface area (Å²) in [5, 5.41) is 11.0. The van der Waals surface area contributed by atoms with E-state index in [1.54, 1.807) is 13.3 Å². The van der Waals surface area contributed by atoms with Crippen LogP contribution in [-0.4, -0.2) is 23.3 Å². The van der Waals surface area contributed by atoms with Gasteiger partial charge < -0.3 is 9.84 Å². The molecule has 1 aromatic heterocycles. The van der Waals surface area contributed by atoms with Crippen molar-refractivity contribution in [3.05, 3.63) is 42.1 Å². The lowest BCUT2D eigenvalue weighted by molar-refractivity contribution is -0.00136. The number of ether oxygens (including phenoxy) is 1. The van der Waals surface area contributed by atoms with Crippen molar-refractivity contribution in [2.75, 3.05) is 7.11 Å². The summed E-state index contributed by atoms with van der Waals surface area (Å²) in [6.45, 7) is 1.85. The Bertz CT molecular complexity index is 484. The van der Waals surface area contributed by atoms with Crippen molar-refractivity contribution in [3.63, 3.8) is 0 Å². The molecule has 0 saturated heterocycles. The van der Waals surface area contributed by atoms with Gasteiger partial charge in [-0.2, -0.15) is 0 Å². The maximum Gasteiger partial charge on any atom is 0.105 e. The zero-order valence-corrected chi connectivity index (χ0v) is 9.42. The highest BCUT2D eigenvalue weighted by atomic mass is 16.5. The lowest BCUT2D eigenvalue weighted by atomic mass is 10.0. The van der Waals surface area contributed by atoms with Crippen LogP contribution in [0.3, 0.4) is 0 Å². The first-order chi connectivity index (χ1) is 7.72. The van der Waals surface area contributed by atoms with Crippen LogP contribution in [-0.2, 0) is 4.74 Å². The highest BCUT2D eigenvalue weighted by Crippen LogP contribution is 2.22. The summed E-state index contributed by atoms with van der Waals surface area (Å²) in [7, 11) is 1.59. The van der Waals surface area contributed by atoms with Gasteiger partial charge in [-0.05, 0) is 30.7 Å². The zero-order valence-electron chi connectivity index (χ0n) is 9.42. The quantitative estimate of drug-likeness (QED) is 0.857. The van der Waals surface area contributed by atoms with Gasteiger partial charge in [0.2, 0.25) is 0 Å². The highest BCUT2D eigenvalue weighted by Gasteiger charge is 2.15. The van der Waals surface area contributed by atoms with Gasteiger partial charge >= 0.3 is 0 Å². The molecule has 0 spiro atoms. The van der Waals surface area contributed by atoms with Crippen LogP contribution in [0.2, 0.25) is 0 Å². The molecule has 3 nitrogen and oxygen atoms in total. The minimum Gasteiger partial charge on any atom is -0.386 e. The summed E-state index contributed by atoms with van der Waals surface area (Å²) < 4.78 is 5.11. The van der Waals surface area contributed by atoms with Gasteiger partial charge in [0.25, 0.3) is 0 Å². The Morgan fingerprint density at radius 1 is 1.31 bits per heavy atom. The molecule has 16 heavy (non-hydrogen) atoms. The number of aliphatic hydroxyl groups excluding tert-OH is 1. The van der Waals surface area contributed by atoms with Crippen LogP contribution in [0.25, 0.3) is 10.9 Å². The van der Waals surface area contributed by atoms with Crippen LogP contribution < -0.4 is 0 Å². The molecular formula is C13H15NO2. The van der Waals surface area contributed by atoms with Gasteiger partial charge in [0, 0.05) is 18.7 Å². The minimum atomic E-state index is -0.602. The molecule has 0 saturated carbocycles. The summed E-state index contributed by atoms with van der Waals surface area (Å²) in [6, 6.07) is 9.61. The zero-order chi connectivity index (χ0) is 11.5. The fraction of sp³-hybridized carbons (Fsp3) is 0.308. The SMILES string of the molecule is COC(C)C(O)c1ccc2ncccc2c1. The maximum atomic E-state index is 10.0. The molecule has 2 aromatic rings. The van der Waals surface area contributed by atoms with E-state index in [1.165, 1.54) is 0 Å². The number of methoxy groups -OCH3 is 1. The molecule has 1 heterocycles. The largest absolute Gasteiger partial charge is 0.386 e. The Morgan fingerprint density at radius 2 is 2.12 bits per heavy atom. The van der Waals surface area contributed by atoms with Crippen molar-refractivity contribution in [2.24, 2.45) is 0 Å². The van der Waals surface area contributed by atoms with Crippen molar-refractivity contribution >= 4 is 10.9 Å². The molecule has 2 atom stereocenters. The number of benzene rings is 1. The van der Waals surface area contributed by atoms with Gasteiger partial charge in [0.05, 0.1) is 11.6 Å². The number of hydrogen-bond acceptors (Lipinski definition) is 3. The number of nitrogens with zero attached hydrogens (tertiary/aromatic N) is 1. The second-order valence-electron chi connectivity index (χ2n) is 3.84. The van der Waals surface area contributed by atoms with E-state index in [-0.39, 0.29) is 6.10 Å². The van der Waals surface area contributed by atoms with E-state index in [1.807, 2.05) is 37.3 Å². The smallest absolute Gasteiger partial charge is 0.105 e. The van der Waals surface area contributed by atoms with Crippen molar-refractivity contribution in [1.29, 1.82) is 0 Å². The van der Waals surface area contributed by atoms with Gasteiger partial charge in [-0.1, -0.05) is 12.1 Å². The third kappa shape index (κ3) is 2.05. The molecule has 0 fully saturated rings. The van der Waals surface area contributed by atoms with Crippen LogP contribution in [0, 0.1) is 0 Å². The predicted molar refractivity (Wildman–Crippen MR) is 63.2 cm³/mol. The fourth-order valence-corrected chi connectivity index (χ4v) is 1.68.